The molecule has 5 nitrogen and oxygen atoms in total. The molecule has 0 spiro atoms. The molecule has 0 bridgehead atoms. The standard InChI is InChI=1S/C20H27N3O2/c1-12(2)19-21-17-6-7-23(11-16(17)20(24)22-19)10-15-8-14(4)18(25-5)9-13(15)3/h8-9,12H,6-7,10-11H2,1-5H3,(H,21,22,24). The van der Waals surface area contributed by atoms with Gasteiger partial charge in [-0.15, -0.1) is 0 Å². The van der Waals surface area contributed by atoms with Gasteiger partial charge in [-0.1, -0.05) is 19.9 Å². The molecule has 25 heavy (non-hydrogen) atoms. The van der Waals surface area contributed by atoms with Crippen LogP contribution in [0.3, 0.4) is 0 Å². The Labute approximate surface area is 149 Å². The number of aryl methyl sites for hydroxylation is 2. The summed E-state index contributed by atoms with van der Waals surface area (Å²) in [4.78, 5) is 22.4. The number of hydrogen-bond acceptors (Lipinski definition) is 4. The van der Waals surface area contributed by atoms with Gasteiger partial charge in [0.1, 0.15) is 11.6 Å². The average molecular weight is 341 g/mol. The molecule has 2 heterocycles. The smallest absolute Gasteiger partial charge is 0.255 e. The van der Waals surface area contributed by atoms with Crippen LogP contribution in [0.4, 0.5) is 0 Å². The van der Waals surface area contributed by atoms with Crippen LogP contribution in [-0.2, 0) is 19.5 Å². The van der Waals surface area contributed by atoms with Crippen LogP contribution in [0.25, 0.3) is 0 Å². The van der Waals surface area contributed by atoms with Crippen molar-refractivity contribution in [3.63, 3.8) is 0 Å². The number of H-pyrrole nitrogens is 1. The largest absolute Gasteiger partial charge is 0.496 e. The Morgan fingerprint density at radius 3 is 2.72 bits per heavy atom. The number of aromatic nitrogens is 2. The highest BCUT2D eigenvalue weighted by atomic mass is 16.5. The molecule has 3 rings (SSSR count). The Hall–Kier alpha value is -2.14. The maximum absolute atomic E-state index is 12.5. The number of aromatic amines is 1. The molecule has 0 saturated carbocycles. The van der Waals surface area contributed by atoms with E-state index >= 15 is 0 Å². The number of rotatable bonds is 4. The molecule has 2 aromatic rings. The maximum Gasteiger partial charge on any atom is 0.255 e. The number of hydrogen-bond donors (Lipinski definition) is 1. The molecule has 134 valence electrons. The van der Waals surface area contributed by atoms with Crippen LogP contribution in [0.2, 0.25) is 0 Å². The van der Waals surface area contributed by atoms with Crippen molar-refractivity contribution in [1.29, 1.82) is 0 Å². The van der Waals surface area contributed by atoms with Crippen molar-refractivity contribution >= 4 is 0 Å². The summed E-state index contributed by atoms with van der Waals surface area (Å²) in [6.07, 6.45) is 0.827. The Balaban J connectivity index is 1.82. The van der Waals surface area contributed by atoms with Crippen LogP contribution < -0.4 is 10.3 Å². The molecule has 0 fully saturated rings. The van der Waals surface area contributed by atoms with Gasteiger partial charge >= 0.3 is 0 Å². The van der Waals surface area contributed by atoms with Crippen molar-refractivity contribution < 1.29 is 4.74 Å². The Morgan fingerprint density at radius 1 is 1.28 bits per heavy atom. The van der Waals surface area contributed by atoms with Crippen LogP contribution >= 0.6 is 0 Å². The summed E-state index contributed by atoms with van der Waals surface area (Å²) in [7, 11) is 1.70. The van der Waals surface area contributed by atoms with Gasteiger partial charge in [0, 0.05) is 32.0 Å². The van der Waals surface area contributed by atoms with E-state index in [2.05, 4.69) is 54.7 Å². The first kappa shape index (κ1) is 17.7. The molecular formula is C20H27N3O2. The van der Waals surface area contributed by atoms with Gasteiger partial charge in [-0.3, -0.25) is 9.69 Å². The first-order valence-electron chi connectivity index (χ1n) is 8.87. The van der Waals surface area contributed by atoms with Crippen molar-refractivity contribution in [2.45, 2.75) is 53.1 Å². The van der Waals surface area contributed by atoms with E-state index in [0.717, 1.165) is 47.9 Å². The molecule has 1 aliphatic heterocycles. The van der Waals surface area contributed by atoms with Gasteiger partial charge in [-0.2, -0.15) is 0 Å². The topological polar surface area (TPSA) is 58.2 Å². The van der Waals surface area contributed by atoms with Gasteiger partial charge < -0.3 is 9.72 Å². The number of nitrogens with zero attached hydrogens (tertiary/aromatic N) is 2. The summed E-state index contributed by atoms with van der Waals surface area (Å²) in [6.45, 7) is 10.7. The van der Waals surface area contributed by atoms with E-state index in [4.69, 9.17) is 4.74 Å². The van der Waals surface area contributed by atoms with E-state index in [-0.39, 0.29) is 11.5 Å². The summed E-state index contributed by atoms with van der Waals surface area (Å²) < 4.78 is 5.40. The van der Waals surface area contributed by atoms with Crippen molar-refractivity contribution in [3.8, 4) is 5.75 Å². The molecule has 0 amide bonds. The summed E-state index contributed by atoms with van der Waals surface area (Å²) >= 11 is 0. The third-order valence-electron chi connectivity index (χ3n) is 4.96. The zero-order valence-corrected chi connectivity index (χ0v) is 15.8. The fourth-order valence-electron chi connectivity index (χ4n) is 3.39. The molecule has 0 unspecified atom stereocenters. The lowest BCUT2D eigenvalue weighted by molar-refractivity contribution is 0.240. The highest BCUT2D eigenvalue weighted by Crippen LogP contribution is 2.25. The van der Waals surface area contributed by atoms with Gasteiger partial charge in [0.2, 0.25) is 0 Å². The second-order valence-electron chi connectivity index (χ2n) is 7.24. The van der Waals surface area contributed by atoms with Crippen molar-refractivity contribution in [2.75, 3.05) is 13.7 Å². The molecule has 0 aliphatic carbocycles. The van der Waals surface area contributed by atoms with E-state index in [1.807, 2.05) is 0 Å². The summed E-state index contributed by atoms with van der Waals surface area (Å²) in [6, 6.07) is 4.28. The van der Waals surface area contributed by atoms with E-state index in [9.17, 15) is 4.79 Å². The van der Waals surface area contributed by atoms with Crippen molar-refractivity contribution in [3.05, 3.63) is 56.3 Å². The van der Waals surface area contributed by atoms with E-state index in [1.165, 1.54) is 11.1 Å². The molecule has 0 atom stereocenters. The molecule has 1 aliphatic rings. The van der Waals surface area contributed by atoms with Crippen LogP contribution in [0, 0.1) is 13.8 Å². The monoisotopic (exact) mass is 341 g/mol. The van der Waals surface area contributed by atoms with Gasteiger partial charge in [-0.25, -0.2) is 4.98 Å². The first-order chi connectivity index (χ1) is 11.9. The Morgan fingerprint density at radius 2 is 2.04 bits per heavy atom. The summed E-state index contributed by atoms with van der Waals surface area (Å²) in [5, 5.41) is 0. The van der Waals surface area contributed by atoms with E-state index in [1.54, 1.807) is 7.11 Å². The predicted molar refractivity (Wildman–Crippen MR) is 99.2 cm³/mol. The third-order valence-corrected chi connectivity index (χ3v) is 4.96. The van der Waals surface area contributed by atoms with Crippen LogP contribution in [0.5, 0.6) is 5.75 Å². The van der Waals surface area contributed by atoms with Gasteiger partial charge in [0.05, 0.1) is 18.4 Å². The van der Waals surface area contributed by atoms with Gasteiger partial charge in [0.25, 0.3) is 5.56 Å². The first-order valence-corrected chi connectivity index (χ1v) is 8.87. The number of fused-ring (bicyclic) bond motifs is 1. The van der Waals surface area contributed by atoms with E-state index in [0.29, 0.717) is 6.54 Å². The lowest BCUT2D eigenvalue weighted by Gasteiger charge is -2.28. The second kappa shape index (κ2) is 7.00. The van der Waals surface area contributed by atoms with Crippen LogP contribution in [0.15, 0.2) is 16.9 Å². The molecular weight excluding hydrogens is 314 g/mol. The SMILES string of the molecule is COc1cc(C)c(CN2CCc3nc(C(C)C)[nH]c(=O)c3C2)cc1C. The lowest BCUT2D eigenvalue weighted by Crippen LogP contribution is -2.36. The van der Waals surface area contributed by atoms with Gasteiger partial charge in [0.15, 0.2) is 0 Å². The highest BCUT2D eigenvalue weighted by molar-refractivity contribution is 5.41. The van der Waals surface area contributed by atoms with Crippen LogP contribution in [0.1, 0.15) is 53.5 Å². The lowest BCUT2D eigenvalue weighted by atomic mass is 10.0. The third kappa shape index (κ3) is 3.61. The number of ether oxygens (including phenoxy) is 1. The minimum Gasteiger partial charge on any atom is -0.496 e. The second-order valence-corrected chi connectivity index (χ2v) is 7.24. The highest BCUT2D eigenvalue weighted by Gasteiger charge is 2.22. The number of methoxy groups -OCH3 is 1. The zero-order chi connectivity index (χ0) is 18.1. The van der Waals surface area contributed by atoms with Crippen LogP contribution in [-0.4, -0.2) is 28.5 Å². The Kier molecular flexibility index (Phi) is 4.95. The van der Waals surface area contributed by atoms with Crippen molar-refractivity contribution in [2.24, 2.45) is 0 Å². The molecule has 0 radical (unpaired) electrons. The minimum atomic E-state index is 0.0148. The molecule has 1 aromatic carbocycles. The number of nitrogens with one attached hydrogen (secondary N) is 1. The normalized spacial score (nSPS) is 14.6. The minimum absolute atomic E-state index is 0.0148. The fraction of sp³-hybridized carbons (Fsp3) is 0.500. The quantitative estimate of drug-likeness (QED) is 0.928. The van der Waals surface area contributed by atoms with Gasteiger partial charge in [-0.05, 0) is 36.6 Å². The zero-order valence-electron chi connectivity index (χ0n) is 15.8. The molecule has 0 saturated heterocycles. The fourth-order valence-corrected chi connectivity index (χ4v) is 3.39. The maximum atomic E-state index is 12.5. The molecule has 1 N–H and O–H groups in total. The van der Waals surface area contributed by atoms with E-state index < -0.39 is 0 Å². The van der Waals surface area contributed by atoms with Crippen molar-refractivity contribution in [1.82, 2.24) is 14.9 Å². The number of benzene rings is 1. The Bertz CT molecular complexity index is 840. The average Bonchev–Trinajstić information content (AvgIpc) is 2.58. The summed E-state index contributed by atoms with van der Waals surface area (Å²) in [5.74, 6) is 1.95. The molecule has 1 aromatic heterocycles. The summed E-state index contributed by atoms with van der Waals surface area (Å²) in [5.41, 5.74) is 5.44. The molecule has 5 heteroatoms. The predicted octanol–water partition coefficient (Wildman–Crippen LogP) is 3.08.